The van der Waals surface area contributed by atoms with Crippen molar-refractivity contribution in [1.29, 1.82) is 0 Å². The molecule has 0 bridgehead atoms. The largest absolute Gasteiger partial charge is 0.370 e. The Morgan fingerprint density at radius 2 is 1.93 bits per heavy atom. The van der Waals surface area contributed by atoms with Crippen LogP contribution in [0.1, 0.15) is 12.1 Å². The minimum Gasteiger partial charge on any atom is -0.370 e. The first-order valence-corrected chi connectivity index (χ1v) is 9.98. The molecule has 3 heterocycles. The molecule has 3 aromatic rings. The van der Waals surface area contributed by atoms with Crippen LogP contribution >= 0.6 is 11.6 Å². The van der Waals surface area contributed by atoms with Gasteiger partial charge in [-0.25, -0.2) is 8.78 Å². The predicted molar refractivity (Wildman–Crippen MR) is 107 cm³/mol. The Bertz CT molecular complexity index is 1110. The van der Waals surface area contributed by atoms with E-state index in [1.165, 1.54) is 24.4 Å². The number of anilines is 1. The second kappa shape index (κ2) is 7.02. The lowest BCUT2D eigenvalue weighted by molar-refractivity contribution is -0.119. The zero-order chi connectivity index (χ0) is 20.1. The van der Waals surface area contributed by atoms with Gasteiger partial charge in [0.25, 0.3) is 0 Å². The molecule has 1 aliphatic carbocycles. The maximum Gasteiger partial charge on any atom is 0.146 e. The van der Waals surface area contributed by atoms with Crippen molar-refractivity contribution < 1.29 is 13.6 Å². The van der Waals surface area contributed by atoms with Crippen LogP contribution in [0.2, 0.25) is 5.02 Å². The molecule has 7 heteroatoms. The number of Topliss-reactive ketones (excluding diaryl/α,β-unsaturated/α-hetero) is 1. The minimum absolute atomic E-state index is 0.00102. The molecule has 29 heavy (non-hydrogen) atoms. The lowest BCUT2D eigenvalue weighted by Gasteiger charge is -2.23. The number of hydrogen-bond acceptors (Lipinski definition) is 4. The van der Waals surface area contributed by atoms with Crippen LogP contribution in [-0.2, 0) is 11.2 Å². The van der Waals surface area contributed by atoms with Crippen LogP contribution in [0.15, 0.2) is 42.7 Å². The van der Waals surface area contributed by atoms with E-state index in [2.05, 4.69) is 14.9 Å². The first-order valence-electron chi connectivity index (χ1n) is 9.60. The zero-order valence-corrected chi connectivity index (χ0v) is 16.2. The van der Waals surface area contributed by atoms with Gasteiger partial charge in [0, 0.05) is 43.0 Å². The number of piperidine rings is 1. The van der Waals surface area contributed by atoms with Crippen LogP contribution in [0.5, 0.6) is 0 Å². The molecule has 2 unspecified atom stereocenters. The van der Waals surface area contributed by atoms with Gasteiger partial charge in [-0.1, -0.05) is 11.6 Å². The lowest BCUT2D eigenvalue weighted by atomic mass is 10.1. The molecule has 5 rings (SSSR count). The number of benzene rings is 1. The Labute approximate surface area is 171 Å². The Kier molecular flexibility index (Phi) is 4.46. The van der Waals surface area contributed by atoms with E-state index in [0.717, 1.165) is 29.7 Å². The fourth-order valence-corrected chi connectivity index (χ4v) is 4.77. The fourth-order valence-electron chi connectivity index (χ4n) is 4.62. The van der Waals surface area contributed by atoms with Crippen LogP contribution in [-0.4, -0.2) is 28.8 Å². The number of nitrogens with zero attached hydrogens (tertiary/aromatic N) is 3. The van der Waals surface area contributed by atoms with Gasteiger partial charge >= 0.3 is 0 Å². The molecule has 1 aliphatic heterocycles. The van der Waals surface area contributed by atoms with E-state index >= 15 is 0 Å². The fraction of sp³-hybridized carbons (Fsp3) is 0.318. The summed E-state index contributed by atoms with van der Waals surface area (Å²) in [5, 5.41) is 1.03. The molecule has 148 valence electrons. The van der Waals surface area contributed by atoms with E-state index in [0.29, 0.717) is 24.2 Å². The van der Waals surface area contributed by atoms with Gasteiger partial charge in [-0.05, 0) is 48.1 Å². The molecule has 0 spiro atoms. The molecule has 2 fully saturated rings. The molecule has 1 saturated carbocycles. The van der Waals surface area contributed by atoms with Gasteiger partial charge in [-0.15, -0.1) is 0 Å². The number of halogens is 3. The number of fused-ring (bicyclic) bond motifs is 2. The van der Waals surface area contributed by atoms with Gasteiger partial charge in [0.05, 0.1) is 22.7 Å². The quantitative estimate of drug-likeness (QED) is 0.620. The van der Waals surface area contributed by atoms with Crippen LogP contribution < -0.4 is 4.90 Å². The molecule has 0 radical (unpaired) electrons. The number of ketones is 1. The van der Waals surface area contributed by atoms with E-state index in [1.54, 1.807) is 12.3 Å². The van der Waals surface area contributed by atoms with E-state index in [1.807, 2.05) is 6.07 Å². The first-order chi connectivity index (χ1) is 14.0. The number of pyridine rings is 2. The Balaban J connectivity index is 1.23. The summed E-state index contributed by atoms with van der Waals surface area (Å²) in [5.74, 6) is 0.407. The zero-order valence-electron chi connectivity index (χ0n) is 15.5. The Hall–Kier alpha value is -2.60. The molecule has 2 aliphatic rings. The highest BCUT2D eigenvalue weighted by molar-refractivity contribution is 6.30. The van der Waals surface area contributed by atoms with Crippen molar-refractivity contribution in [2.75, 3.05) is 18.0 Å². The summed E-state index contributed by atoms with van der Waals surface area (Å²) in [5.41, 5.74) is 1.91. The summed E-state index contributed by atoms with van der Waals surface area (Å²) in [6, 6.07) is 7.73. The van der Waals surface area contributed by atoms with E-state index in [4.69, 9.17) is 11.6 Å². The summed E-state index contributed by atoms with van der Waals surface area (Å²) in [7, 11) is 0. The molecule has 4 nitrogen and oxygen atoms in total. The predicted octanol–water partition coefficient (Wildman–Crippen LogP) is 4.45. The molecule has 2 atom stereocenters. The number of rotatable bonds is 5. The van der Waals surface area contributed by atoms with Crippen LogP contribution in [0.4, 0.5) is 14.5 Å². The van der Waals surface area contributed by atoms with Gasteiger partial charge in [-0.3, -0.25) is 14.8 Å². The van der Waals surface area contributed by atoms with Gasteiger partial charge in [0.1, 0.15) is 17.4 Å². The van der Waals surface area contributed by atoms with E-state index < -0.39 is 5.82 Å². The van der Waals surface area contributed by atoms with Crippen molar-refractivity contribution in [3.63, 3.8) is 0 Å². The smallest absolute Gasteiger partial charge is 0.146 e. The van der Waals surface area contributed by atoms with Crippen molar-refractivity contribution in [1.82, 2.24) is 9.97 Å². The minimum atomic E-state index is -0.537. The Morgan fingerprint density at radius 3 is 2.69 bits per heavy atom. The van der Waals surface area contributed by atoms with Crippen molar-refractivity contribution in [3.8, 4) is 0 Å². The van der Waals surface area contributed by atoms with Crippen molar-refractivity contribution in [2.45, 2.75) is 12.8 Å². The molecular formula is C22H18ClF2N3O. The number of hydrogen-bond donors (Lipinski definition) is 0. The van der Waals surface area contributed by atoms with Gasteiger partial charge < -0.3 is 4.90 Å². The SMILES string of the molecule is O=C(Cc1ncc(Cl)cc1F)CC1C2CN(c3ccnc4ccc(F)cc34)CC12. The maximum atomic E-state index is 13.9. The topological polar surface area (TPSA) is 46.1 Å². The number of carbonyl (C=O) groups excluding carboxylic acids is 1. The normalized spacial score (nSPS) is 22.7. The van der Waals surface area contributed by atoms with Crippen LogP contribution in [0.3, 0.4) is 0 Å². The highest BCUT2D eigenvalue weighted by Crippen LogP contribution is 2.54. The average Bonchev–Trinajstić information content (AvgIpc) is 3.11. The van der Waals surface area contributed by atoms with Gasteiger partial charge in [0.2, 0.25) is 0 Å². The third-order valence-electron chi connectivity index (χ3n) is 6.10. The lowest BCUT2D eigenvalue weighted by Crippen LogP contribution is -2.25. The molecular weight excluding hydrogens is 396 g/mol. The molecule has 1 aromatic carbocycles. The van der Waals surface area contributed by atoms with Crippen molar-refractivity contribution >= 4 is 34.0 Å². The second-order valence-electron chi connectivity index (χ2n) is 7.89. The van der Waals surface area contributed by atoms with E-state index in [9.17, 15) is 13.6 Å². The first kappa shape index (κ1) is 18.4. The Morgan fingerprint density at radius 1 is 1.14 bits per heavy atom. The second-order valence-corrected chi connectivity index (χ2v) is 8.33. The molecule has 0 amide bonds. The summed E-state index contributed by atoms with van der Waals surface area (Å²) < 4.78 is 27.6. The monoisotopic (exact) mass is 413 g/mol. The number of carbonyl (C=O) groups is 1. The van der Waals surface area contributed by atoms with Crippen LogP contribution in [0, 0.1) is 29.4 Å². The molecule has 1 saturated heterocycles. The number of aromatic nitrogens is 2. The summed E-state index contributed by atoms with van der Waals surface area (Å²) in [4.78, 5) is 22.9. The molecule has 2 aromatic heterocycles. The summed E-state index contributed by atoms with van der Waals surface area (Å²) in [6.45, 7) is 1.68. The van der Waals surface area contributed by atoms with E-state index in [-0.39, 0.29) is 28.7 Å². The third kappa shape index (κ3) is 3.46. The van der Waals surface area contributed by atoms with Gasteiger partial charge in [-0.2, -0.15) is 0 Å². The maximum absolute atomic E-state index is 13.9. The van der Waals surface area contributed by atoms with Crippen molar-refractivity contribution in [3.05, 3.63) is 65.1 Å². The van der Waals surface area contributed by atoms with Crippen LogP contribution in [0.25, 0.3) is 10.9 Å². The van der Waals surface area contributed by atoms with Gasteiger partial charge in [0.15, 0.2) is 0 Å². The van der Waals surface area contributed by atoms with Crippen molar-refractivity contribution in [2.24, 2.45) is 17.8 Å². The standard InChI is InChI=1S/C22H18ClF2N3O/c23-12-5-19(25)21(27-9-12)8-14(29)7-15-17-10-28(11-18(15)17)22-3-4-26-20-2-1-13(24)6-16(20)22/h1-6,9,15,17-18H,7-8,10-11H2. The third-order valence-corrected chi connectivity index (χ3v) is 6.31. The molecule has 0 N–H and O–H groups in total. The summed E-state index contributed by atoms with van der Waals surface area (Å²) in [6.07, 6.45) is 3.54. The average molecular weight is 414 g/mol. The highest BCUT2D eigenvalue weighted by atomic mass is 35.5. The highest BCUT2D eigenvalue weighted by Gasteiger charge is 2.55. The summed E-state index contributed by atoms with van der Waals surface area (Å²) >= 11 is 5.70.